The molecule has 0 fully saturated rings. The lowest BCUT2D eigenvalue weighted by Gasteiger charge is -2.07. The SMILES string of the molecule is Clc1nc(NCc2nccs2)c2cc[nH]c2n1.O=C(O)c1ccc(CNc2nc(Cl)nc3[nH]ccc23)cc1.OCCCn1ccc2c(CCc3ccco3)nc(Cl)nc21.OCc1c[nH]c2nc(Cl)nc(NCc3ccco3)c12. The summed E-state index contributed by atoms with van der Waals surface area (Å²) in [4.78, 5) is 57.3. The number of carboxylic acid groups (broad SMARTS) is 1. The van der Waals surface area contributed by atoms with Gasteiger partial charge in [0.1, 0.15) is 56.6 Å². The zero-order valence-electron chi connectivity index (χ0n) is 40.8. The number of benzene rings is 1. The van der Waals surface area contributed by atoms with E-state index >= 15 is 0 Å². The van der Waals surface area contributed by atoms with Crippen molar-refractivity contribution < 1.29 is 28.9 Å². The number of hydrogen-bond acceptors (Lipinski definition) is 18. The number of aliphatic hydroxyl groups excluding tert-OH is 2. The first-order valence-corrected chi connectivity index (χ1v) is 26.2. The summed E-state index contributed by atoms with van der Waals surface area (Å²) in [6.45, 7) is 2.39. The average molecular weight is 1150 g/mol. The van der Waals surface area contributed by atoms with Crippen LogP contribution in [0.5, 0.6) is 0 Å². The monoisotopic (exact) mass is 1150 g/mol. The molecule has 11 aromatic heterocycles. The Balaban J connectivity index is 0.000000127. The van der Waals surface area contributed by atoms with Crippen molar-refractivity contribution in [3.8, 4) is 0 Å². The minimum absolute atomic E-state index is 0.0968. The fourth-order valence-electron chi connectivity index (χ4n) is 7.86. The number of aromatic amines is 3. The molecular formula is C51H46Cl4N16O6S. The summed E-state index contributed by atoms with van der Waals surface area (Å²) in [5, 5.41) is 43.9. The smallest absolute Gasteiger partial charge is 0.335 e. The lowest BCUT2D eigenvalue weighted by Crippen LogP contribution is -2.03. The number of fused-ring (bicyclic) bond motifs is 4. The zero-order valence-corrected chi connectivity index (χ0v) is 44.6. The van der Waals surface area contributed by atoms with Gasteiger partial charge < -0.3 is 59.6 Å². The number of rotatable bonds is 17. The highest BCUT2D eigenvalue weighted by molar-refractivity contribution is 7.09. The van der Waals surface area contributed by atoms with Gasteiger partial charge in [-0.15, -0.1) is 11.3 Å². The molecule has 0 atom stereocenters. The standard InChI is InChI=1S/C15H16ClN3O2.C14H11ClN4O2.C12H11ClN4O2.C10H8ClN5S/c16-15-17-13(5-4-11-3-1-10-21-11)12-6-8-19(7-2-9-20)14(12)18-15;15-14-18-11-10(5-6-16-11)12(19-14)17-7-8-1-3-9(4-2-8)13(20)21;13-12-16-10-9(7(6-18)4-14-10)11(17-12)15-5-8-2-1-3-19-8;11-10-15-8-6(1-2-13-8)9(16-10)14-5-7-12-3-4-17-7/h1,3,6,8,10,20H,2,4-5,7,9H2;1-6H,7H2,(H,20,21)(H2,16,17,18,19);1-4,18H,5-6H2,(H2,14,15,16,17);1-4H,5H2,(H2,13,14,15,16). The van der Waals surface area contributed by atoms with Gasteiger partial charge in [-0.1, -0.05) is 12.1 Å². The molecule has 0 aliphatic heterocycles. The van der Waals surface area contributed by atoms with Crippen LogP contribution in [0.3, 0.4) is 0 Å². The lowest BCUT2D eigenvalue weighted by molar-refractivity contribution is 0.0696. The number of aromatic nitrogens is 13. The number of halogens is 4. The van der Waals surface area contributed by atoms with E-state index in [1.165, 1.54) is 0 Å². The second-order valence-electron chi connectivity index (χ2n) is 16.6. The predicted molar refractivity (Wildman–Crippen MR) is 299 cm³/mol. The van der Waals surface area contributed by atoms with Crippen LogP contribution >= 0.6 is 57.7 Å². The van der Waals surface area contributed by atoms with Crippen LogP contribution in [0.15, 0.2) is 124 Å². The predicted octanol–water partition coefficient (Wildman–Crippen LogP) is 10.8. The molecule has 0 radical (unpaired) electrons. The maximum absolute atomic E-state index is 10.8. The highest BCUT2D eigenvalue weighted by Gasteiger charge is 2.15. The molecule has 0 aliphatic rings. The van der Waals surface area contributed by atoms with E-state index in [9.17, 15) is 9.90 Å². The third-order valence-electron chi connectivity index (χ3n) is 11.5. The van der Waals surface area contributed by atoms with E-state index in [1.807, 2.05) is 64.8 Å². The highest BCUT2D eigenvalue weighted by atomic mass is 35.5. The maximum atomic E-state index is 10.8. The van der Waals surface area contributed by atoms with Gasteiger partial charge in [0, 0.05) is 73.4 Å². The van der Waals surface area contributed by atoms with Crippen molar-refractivity contribution in [1.29, 1.82) is 0 Å². The molecule has 400 valence electrons. The number of thiazole rings is 1. The molecule has 0 saturated carbocycles. The fourth-order valence-corrected chi connectivity index (χ4v) is 9.11. The summed E-state index contributed by atoms with van der Waals surface area (Å²) < 4.78 is 12.6. The van der Waals surface area contributed by atoms with Gasteiger partial charge >= 0.3 is 5.97 Å². The van der Waals surface area contributed by atoms with Crippen LogP contribution in [0.2, 0.25) is 21.1 Å². The Bertz CT molecular complexity index is 3850. The van der Waals surface area contributed by atoms with Crippen LogP contribution in [-0.4, -0.2) is 92.3 Å². The first-order chi connectivity index (χ1) is 38.0. The highest BCUT2D eigenvalue weighted by Crippen LogP contribution is 2.27. The number of aryl methyl sites for hydroxylation is 3. The van der Waals surface area contributed by atoms with E-state index in [2.05, 4.69) is 75.8 Å². The van der Waals surface area contributed by atoms with Crippen molar-refractivity contribution in [2.24, 2.45) is 0 Å². The number of nitrogens with zero attached hydrogens (tertiary/aromatic N) is 10. The number of nitrogens with one attached hydrogen (secondary N) is 6. The van der Waals surface area contributed by atoms with Gasteiger partial charge in [0.25, 0.3) is 0 Å². The molecule has 0 unspecified atom stereocenters. The van der Waals surface area contributed by atoms with Crippen LogP contribution in [0, 0.1) is 0 Å². The van der Waals surface area contributed by atoms with E-state index in [0.717, 1.165) is 79.3 Å². The van der Waals surface area contributed by atoms with E-state index < -0.39 is 5.97 Å². The number of hydrogen-bond donors (Lipinski definition) is 9. The number of anilines is 3. The minimum Gasteiger partial charge on any atom is -0.478 e. The zero-order chi connectivity index (χ0) is 54.4. The number of furan rings is 2. The van der Waals surface area contributed by atoms with Crippen molar-refractivity contribution in [3.63, 3.8) is 0 Å². The van der Waals surface area contributed by atoms with E-state index in [4.69, 9.17) is 65.5 Å². The van der Waals surface area contributed by atoms with Gasteiger partial charge in [-0.05, 0) is 119 Å². The number of aliphatic hydroxyl groups is 2. The van der Waals surface area contributed by atoms with Crippen LogP contribution in [0.1, 0.15) is 50.1 Å². The topological polar surface area (TPSA) is 308 Å². The number of H-pyrrole nitrogens is 3. The molecule has 0 amide bonds. The van der Waals surface area contributed by atoms with Gasteiger partial charge in [-0.2, -0.15) is 19.9 Å². The number of aromatic carboxylic acids is 1. The van der Waals surface area contributed by atoms with Crippen molar-refractivity contribution >= 4 is 125 Å². The molecule has 1 aromatic carbocycles. The Labute approximate surface area is 466 Å². The maximum Gasteiger partial charge on any atom is 0.335 e. The summed E-state index contributed by atoms with van der Waals surface area (Å²) in [5.41, 5.74) is 5.64. The van der Waals surface area contributed by atoms with Gasteiger partial charge in [0.2, 0.25) is 21.1 Å². The summed E-state index contributed by atoms with van der Waals surface area (Å²) in [6.07, 6.45) is 14.5. The molecule has 27 heteroatoms. The molecular weight excluding hydrogens is 1110 g/mol. The molecule has 11 heterocycles. The van der Waals surface area contributed by atoms with Crippen molar-refractivity contribution in [2.45, 2.75) is 52.0 Å². The molecule has 0 spiro atoms. The molecule has 0 saturated heterocycles. The summed E-state index contributed by atoms with van der Waals surface area (Å²) >= 11 is 25.2. The van der Waals surface area contributed by atoms with Gasteiger partial charge in [0.05, 0.1) is 59.6 Å². The molecule has 22 nitrogen and oxygen atoms in total. The Hall–Kier alpha value is -8.16. The number of carboxylic acids is 1. The molecule has 12 rings (SSSR count). The van der Waals surface area contributed by atoms with Crippen LogP contribution in [0.25, 0.3) is 44.1 Å². The fraction of sp³-hybridized carbons (Fsp3) is 0.176. The third kappa shape index (κ3) is 14.1. The summed E-state index contributed by atoms with van der Waals surface area (Å²) in [5.74, 6) is 2.69. The Kier molecular flexibility index (Phi) is 18.4. The van der Waals surface area contributed by atoms with E-state index in [0.29, 0.717) is 61.1 Å². The van der Waals surface area contributed by atoms with Crippen molar-refractivity contribution in [2.75, 3.05) is 22.6 Å². The molecule has 78 heavy (non-hydrogen) atoms. The van der Waals surface area contributed by atoms with Crippen LogP contribution in [-0.2, 0) is 45.6 Å². The van der Waals surface area contributed by atoms with E-state index in [1.54, 1.807) is 66.7 Å². The largest absolute Gasteiger partial charge is 0.478 e. The average Bonchev–Trinajstić information content (AvgIpc) is 4.34. The normalized spacial score (nSPS) is 11.0. The lowest BCUT2D eigenvalue weighted by atomic mass is 10.1. The van der Waals surface area contributed by atoms with Crippen molar-refractivity contribution in [3.05, 3.63) is 176 Å². The Morgan fingerprint density at radius 1 is 0.654 bits per heavy atom. The molecule has 12 aromatic rings. The van der Waals surface area contributed by atoms with E-state index in [-0.39, 0.29) is 39.9 Å². The third-order valence-corrected chi connectivity index (χ3v) is 13.0. The Morgan fingerprint density at radius 2 is 1.28 bits per heavy atom. The minimum atomic E-state index is -0.939. The van der Waals surface area contributed by atoms with Crippen LogP contribution in [0.4, 0.5) is 17.5 Å². The van der Waals surface area contributed by atoms with Gasteiger partial charge in [-0.3, -0.25) is 0 Å². The van der Waals surface area contributed by atoms with Gasteiger partial charge in [-0.25, -0.2) is 29.7 Å². The number of carbonyl (C=O) groups is 1. The Morgan fingerprint density at radius 3 is 1.90 bits per heavy atom. The summed E-state index contributed by atoms with van der Waals surface area (Å²) in [6, 6.07) is 19.9. The van der Waals surface area contributed by atoms with Crippen LogP contribution < -0.4 is 16.0 Å². The molecule has 0 bridgehead atoms. The quantitative estimate of drug-likeness (QED) is 0.0383. The summed E-state index contributed by atoms with van der Waals surface area (Å²) in [7, 11) is 0. The molecule has 0 aliphatic carbocycles. The second-order valence-corrected chi connectivity index (χ2v) is 18.9. The van der Waals surface area contributed by atoms with Gasteiger partial charge in [0.15, 0.2) is 0 Å². The van der Waals surface area contributed by atoms with Crippen molar-refractivity contribution in [1.82, 2.24) is 64.4 Å². The second kappa shape index (κ2) is 26.3. The first-order valence-electron chi connectivity index (χ1n) is 23.8. The molecule has 9 N–H and O–H groups in total. The first kappa shape index (κ1) is 54.6.